The summed E-state index contributed by atoms with van der Waals surface area (Å²) in [6.07, 6.45) is 1.39. The number of primary sulfonamides is 1. The molecule has 0 saturated heterocycles. The molecule has 0 radical (unpaired) electrons. The molecule has 2 N–H and O–H groups in total. The predicted molar refractivity (Wildman–Crippen MR) is 70.1 cm³/mol. The van der Waals surface area contributed by atoms with Gasteiger partial charge in [-0.15, -0.1) is 0 Å². The summed E-state index contributed by atoms with van der Waals surface area (Å²) < 4.78 is 22.1. The van der Waals surface area contributed by atoms with E-state index in [1.165, 1.54) is 18.3 Å². The molecule has 0 unspecified atom stereocenters. The molecular formula is C12H11N3O2S. The summed E-state index contributed by atoms with van der Waals surface area (Å²) in [4.78, 5) is 3.79. The molecule has 1 aromatic rings. The second kappa shape index (κ2) is 5.40. The highest BCUT2D eigenvalue weighted by molar-refractivity contribution is 7.89. The van der Waals surface area contributed by atoms with E-state index >= 15 is 0 Å². The van der Waals surface area contributed by atoms with Crippen LogP contribution < -0.4 is 5.14 Å². The smallest absolute Gasteiger partial charge is 0.238 e. The zero-order valence-corrected chi connectivity index (χ0v) is 10.3. The maximum atomic E-state index is 11.0. The van der Waals surface area contributed by atoms with Crippen molar-refractivity contribution in [1.82, 2.24) is 0 Å². The Kier molecular flexibility index (Phi) is 4.15. The molecule has 18 heavy (non-hydrogen) atoms. The Morgan fingerprint density at radius 3 is 2.33 bits per heavy atom. The minimum atomic E-state index is -3.70. The van der Waals surface area contributed by atoms with Gasteiger partial charge in [0.15, 0.2) is 0 Å². The highest BCUT2D eigenvalue weighted by Gasteiger charge is 2.07. The van der Waals surface area contributed by atoms with Gasteiger partial charge in [0, 0.05) is 6.21 Å². The van der Waals surface area contributed by atoms with Crippen molar-refractivity contribution < 1.29 is 8.42 Å². The van der Waals surface area contributed by atoms with Crippen LogP contribution in [0.4, 0.5) is 0 Å². The number of allylic oxidation sites excluding steroid dienone is 2. The van der Waals surface area contributed by atoms with Crippen LogP contribution >= 0.6 is 0 Å². The molecule has 92 valence electrons. The van der Waals surface area contributed by atoms with Gasteiger partial charge in [0.1, 0.15) is 11.8 Å². The fraction of sp³-hybridized carbons (Fsp3) is 0. The fourth-order valence-corrected chi connectivity index (χ4v) is 1.63. The molecule has 0 atom stereocenters. The molecule has 0 heterocycles. The van der Waals surface area contributed by atoms with Crippen LogP contribution in [-0.2, 0) is 10.0 Å². The molecule has 0 saturated carbocycles. The summed E-state index contributed by atoms with van der Waals surface area (Å²) in [5.74, 6) is 0. The van der Waals surface area contributed by atoms with E-state index in [9.17, 15) is 8.42 Å². The highest BCUT2D eigenvalue weighted by Crippen LogP contribution is 2.14. The zero-order valence-electron chi connectivity index (χ0n) is 9.50. The molecule has 6 heteroatoms. The highest BCUT2D eigenvalue weighted by atomic mass is 32.2. The van der Waals surface area contributed by atoms with Crippen LogP contribution in [0.5, 0.6) is 0 Å². The molecule has 0 amide bonds. The average Bonchev–Trinajstić information content (AvgIpc) is 2.34. The minimum Gasteiger partial charge on any atom is -0.246 e. The number of sulfonamides is 1. The van der Waals surface area contributed by atoms with Crippen LogP contribution in [0.15, 0.2) is 53.0 Å². The molecule has 0 aliphatic carbocycles. The number of hydrogen-bond acceptors (Lipinski definition) is 4. The Balaban J connectivity index is 2.94. The van der Waals surface area contributed by atoms with E-state index in [4.69, 9.17) is 10.4 Å². The van der Waals surface area contributed by atoms with Gasteiger partial charge in [-0.2, -0.15) is 5.26 Å². The van der Waals surface area contributed by atoms with Crippen molar-refractivity contribution in [2.24, 2.45) is 10.1 Å². The number of rotatable bonds is 4. The van der Waals surface area contributed by atoms with E-state index in [2.05, 4.69) is 18.2 Å². The third-order valence-corrected chi connectivity index (χ3v) is 2.99. The third kappa shape index (κ3) is 3.66. The quantitative estimate of drug-likeness (QED) is 0.656. The second-order valence-electron chi connectivity index (χ2n) is 3.41. The standard InChI is InChI=1S/C12H11N3O2S/c1-9(8-15-10(2)7-13)11-3-5-12(6-4-11)18(14,16)17/h3-6,8H,1-2H2,(H2,14,16,17)/b15-8+. The molecule has 5 nitrogen and oxygen atoms in total. The van der Waals surface area contributed by atoms with E-state index in [0.717, 1.165) is 0 Å². The molecule has 0 aliphatic heterocycles. The average molecular weight is 261 g/mol. The minimum absolute atomic E-state index is 0.0254. The number of nitrogens with two attached hydrogens (primary N) is 1. The van der Waals surface area contributed by atoms with Crippen molar-refractivity contribution in [3.05, 3.63) is 48.7 Å². The van der Waals surface area contributed by atoms with Crippen molar-refractivity contribution in [1.29, 1.82) is 5.26 Å². The lowest BCUT2D eigenvalue weighted by molar-refractivity contribution is 0.598. The number of nitriles is 1. The number of hydrogen-bond donors (Lipinski definition) is 1. The van der Waals surface area contributed by atoms with Gasteiger partial charge in [-0.1, -0.05) is 25.3 Å². The van der Waals surface area contributed by atoms with Gasteiger partial charge in [-0.25, -0.2) is 18.5 Å². The Morgan fingerprint density at radius 2 is 1.89 bits per heavy atom. The van der Waals surface area contributed by atoms with Gasteiger partial charge in [0.05, 0.1) is 4.90 Å². The van der Waals surface area contributed by atoms with Crippen molar-refractivity contribution in [3.63, 3.8) is 0 Å². The van der Waals surface area contributed by atoms with Crippen LogP contribution in [-0.4, -0.2) is 14.6 Å². The Labute approximate surface area is 106 Å². The summed E-state index contributed by atoms with van der Waals surface area (Å²) in [7, 11) is -3.70. The van der Waals surface area contributed by atoms with Crippen LogP contribution in [0, 0.1) is 11.3 Å². The summed E-state index contributed by atoms with van der Waals surface area (Å²) in [6.45, 7) is 7.13. The van der Waals surface area contributed by atoms with E-state index < -0.39 is 10.0 Å². The van der Waals surface area contributed by atoms with Gasteiger partial charge in [-0.3, -0.25) is 0 Å². The van der Waals surface area contributed by atoms with Crippen LogP contribution in [0.3, 0.4) is 0 Å². The maximum absolute atomic E-state index is 11.0. The van der Waals surface area contributed by atoms with Gasteiger partial charge in [-0.05, 0) is 23.3 Å². The Hall–Kier alpha value is -2.23. The normalized spacial score (nSPS) is 11.1. The Morgan fingerprint density at radius 1 is 1.33 bits per heavy atom. The van der Waals surface area contributed by atoms with Crippen molar-refractivity contribution in [3.8, 4) is 6.07 Å². The number of nitrogens with zero attached hydrogens (tertiary/aromatic N) is 2. The largest absolute Gasteiger partial charge is 0.246 e. The Bertz CT molecular complexity index is 650. The van der Waals surface area contributed by atoms with Crippen LogP contribution in [0.1, 0.15) is 5.56 Å². The topological polar surface area (TPSA) is 96.3 Å². The van der Waals surface area contributed by atoms with E-state index in [-0.39, 0.29) is 10.6 Å². The first-order valence-corrected chi connectivity index (χ1v) is 6.34. The summed E-state index contributed by atoms with van der Waals surface area (Å²) in [5, 5.41) is 13.4. The first-order valence-electron chi connectivity index (χ1n) is 4.80. The van der Waals surface area contributed by atoms with Crippen molar-refractivity contribution >= 4 is 21.8 Å². The molecule has 0 bridgehead atoms. The van der Waals surface area contributed by atoms with E-state index in [0.29, 0.717) is 11.1 Å². The third-order valence-electron chi connectivity index (χ3n) is 2.06. The molecule has 1 aromatic carbocycles. The number of benzene rings is 1. The summed E-state index contributed by atoms with van der Waals surface area (Å²) in [6, 6.07) is 7.64. The van der Waals surface area contributed by atoms with Gasteiger partial charge in [0.2, 0.25) is 10.0 Å². The molecule has 0 aromatic heterocycles. The lowest BCUT2D eigenvalue weighted by Gasteiger charge is -2.02. The monoisotopic (exact) mass is 261 g/mol. The lowest BCUT2D eigenvalue weighted by atomic mass is 10.1. The van der Waals surface area contributed by atoms with Crippen molar-refractivity contribution in [2.45, 2.75) is 4.90 Å². The first-order chi connectivity index (χ1) is 8.34. The molecule has 1 rings (SSSR count). The van der Waals surface area contributed by atoms with Crippen molar-refractivity contribution in [2.75, 3.05) is 0 Å². The number of aliphatic imine (C=N–C) groups is 1. The summed E-state index contributed by atoms with van der Waals surface area (Å²) >= 11 is 0. The fourth-order valence-electron chi connectivity index (χ4n) is 1.12. The SMILES string of the molecule is C=C(C#N)/N=C/C(=C)c1ccc(S(N)(=O)=O)cc1. The van der Waals surface area contributed by atoms with Gasteiger partial charge in [0.25, 0.3) is 0 Å². The molecular weight excluding hydrogens is 250 g/mol. The molecule has 0 aliphatic rings. The van der Waals surface area contributed by atoms with Gasteiger partial charge >= 0.3 is 0 Å². The predicted octanol–water partition coefficient (Wildman–Crippen LogP) is 1.46. The second-order valence-corrected chi connectivity index (χ2v) is 4.97. The van der Waals surface area contributed by atoms with E-state index in [1.807, 2.05) is 0 Å². The lowest BCUT2D eigenvalue weighted by Crippen LogP contribution is -2.11. The molecule has 0 fully saturated rings. The maximum Gasteiger partial charge on any atom is 0.238 e. The van der Waals surface area contributed by atoms with E-state index in [1.54, 1.807) is 18.2 Å². The first kappa shape index (κ1) is 13.8. The van der Waals surface area contributed by atoms with Crippen LogP contribution in [0.2, 0.25) is 0 Å². The van der Waals surface area contributed by atoms with Gasteiger partial charge < -0.3 is 0 Å². The van der Waals surface area contributed by atoms with Crippen LogP contribution in [0.25, 0.3) is 5.57 Å². The molecule has 0 spiro atoms. The zero-order chi connectivity index (χ0) is 13.8. The summed E-state index contributed by atoms with van der Waals surface area (Å²) in [5.41, 5.74) is 1.28.